The van der Waals surface area contributed by atoms with Crippen LogP contribution in [0.3, 0.4) is 0 Å². The van der Waals surface area contributed by atoms with Gasteiger partial charge in [-0.25, -0.2) is 0 Å². The summed E-state index contributed by atoms with van der Waals surface area (Å²) in [6, 6.07) is 83.4. The minimum atomic E-state index is 0.818. The summed E-state index contributed by atoms with van der Waals surface area (Å²) >= 11 is 0. The Morgan fingerprint density at radius 1 is 0.271 bits per heavy atom. The van der Waals surface area contributed by atoms with E-state index in [2.05, 4.69) is 264 Å². The van der Waals surface area contributed by atoms with Crippen molar-refractivity contribution in [3.63, 3.8) is 0 Å². The maximum atomic E-state index is 2.49. The molecular formula is C66H52N4. The number of hydrogen-bond donors (Lipinski definition) is 0. The van der Waals surface area contributed by atoms with Gasteiger partial charge < -0.3 is 19.3 Å². The van der Waals surface area contributed by atoms with E-state index in [0.29, 0.717) is 0 Å². The van der Waals surface area contributed by atoms with Gasteiger partial charge in [-0.3, -0.25) is 0 Å². The highest BCUT2D eigenvalue weighted by Crippen LogP contribution is 2.44. The molecule has 1 heterocycles. The monoisotopic (exact) mass is 900 g/mol. The van der Waals surface area contributed by atoms with E-state index in [9.17, 15) is 0 Å². The lowest BCUT2D eigenvalue weighted by atomic mass is 9.99. The highest BCUT2D eigenvalue weighted by Gasteiger charge is 2.21. The molecule has 0 amide bonds. The summed E-state index contributed by atoms with van der Waals surface area (Å²) in [4.78, 5) is 7.44. The summed E-state index contributed by atoms with van der Waals surface area (Å²) in [5.74, 6) is 0. The number of benzene rings is 12. The van der Waals surface area contributed by atoms with E-state index in [1.54, 1.807) is 0 Å². The quantitative estimate of drug-likeness (QED) is 0.127. The van der Waals surface area contributed by atoms with Crippen LogP contribution in [-0.2, 0) is 0 Å². The van der Waals surface area contributed by atoms with Crippen molar-refractivity contribution in [1.29, 1.82) is 0 Å². The molecule has 12 aromatic carbocycles. The normalized spacial score (nSPS) is 11.8. The molecule has 0 saturated heterocycles. The Morgan fingerprint density at radius 2 is 0.571 bits per heavy atom. The van der Waals surface area contributed by atoms with E-state index < -0.39 is 0 Å². The number of rotatable bonds is 10. The van der Waals surface area contributed by atoms with Crippen LogP contribution in [0.2, 0.25) is 0 Å². The zero-order valence-corrected chi connectivity index (χ0v) is 39.8. The molecule has 0 N–H and O–H groups in total. The highest BCUT2D eigenvalue weighted by atomic mass is 15.1. The predicted octanol–water partition coefficient (Wildman–Crippen LogP) is 18.2. The van der Waals surface area contributed by atoms with Gasteiger partial charge in [0.05, 0.1) is 11.0 Å². The van der Waals surface area contributed by atoms with Crippen LogP contribution < -0.4 is 14.7 Å². The molecule has 0 radical (unpaired) electrons. The Morgan fingerprint density at radius 3 is 0.929 bits per heavy atom. The fraction of sp³-hybridized carbons (Fsp3) is 0.0909. The first-order valence-corrected chi connectivity index (χ1v) is 24.8. The molecule has 13 aromatic rings. The molecule has 0 aliphatic carbocycles. The Labute approximate surface area is 408 Å². The molecule has 0 fully saturated rings. The van der Waals surface area contributed by atoms with Crippen LogP contribution in [-0.4, -0.2) is 24.2 Å². The van der Waals surface area contributed by atoms with Crippen molar-refractivity contribution in [1.82, 2.24) is 4.57 Å². The second-order valence-corrected chi connectivity index (χ2v) is 18.5. The average molecular weight is 901 g/mol. The first-order valence-electron chi connectivity index (χ1n) is 24.8. The molecule has 0 aliphatic rings. The third-order valence-electron chi connectivity index (χ3n) is 14.8. The fourth-order valence-corrected chi connectivity index (χ4v) is 11.6. The summed E-state index contributed by atoms with van der Waals surface area (Å²) in [5, 5.41) is 17.6. The Balaban J connectivity index is 0.990. The molecule has 336 valence electrons. The number of aromatic nitrogens is 1. The number of nitrogens with zero attached hydrogens (tertiary/aromatic N) is 4. The molecule has 0 aliphatic heterocycles. The molecule has 0 atom stereocenters. The second kappa shape index (κ2) is 16.9. The fourth-order valence-electron chi connectivity index (χ4n) is 11.6. The summed E-state index contributed by atoms with van der Waals surface area (Å²) in [6.45, 7) is 9.26. The van der Waals surface area contributed by atoms with E-state index in [1.165, 1.54) is 121 Å². The maximum absolute atomic E-state index is 2.49. The van der Waals surface area contributed by atoms with Crippen molar-refractivity contribution in [2.24, 2.45) is 0 Å². The van der Waals surface area contributed by atoms with Gasteiger partial charge in [-0.15, -0.1) is 0 Å². The van der Waals surface area contributed by atoms with Crippen LogP contribution in [0.4, 0.5) is 34.1 Å². The first kappa shape index (κ1) is 41.6. The lowest BCUT2D eigenvalue weighted by Crippen LogP contribution is -2.16. The van der Waals surface area contributed by atoms with Gasteiger partial charge in [-0.05, 0) is 148 Å². The van der Waals surface area contributed by atoms with Gasteiger partial charge in [0, 0.05) is 86.4 Å². The number of fused-ring (bicyclic) bond motifs is 12. The lowest BCUT2D eigenvalue weighted by molar-refractivity contribution is 1.03. The first-order chi connectivity index (χ1) is 34.6. The summed E-state index contributed by atoms with van der Waals surface area (Å²) in [5.41, 5.74) is 10.6. The maximum Gasteiger partial charge on any atom is 0.0542 e. The molecule has 0 unspecified atom stereocenters. The van der Waals surface area contributed by atoms with E-state index in [-0.39, 0.29) is 0 Å². The van der Waals surface area contributed by atoms with E-state index in [0.717, 1.165) is 25.3 Å². The van der Waals surface area contributed by atoms with Crippen LogP contribution >= 0.6 is 0 Å². The molecule has 0 bridgehead atoms. The van der Waals surface area contributed by atoms with Crippen LogP contribution in [0.5, 0.6) is 0 Å². The van der Waals surface area contributed by atoms with Gasteiger partial charge in [0.1, 0.15) is 0 Å². The zero-order chi connectivity index (χ0) is 46.9. The minimum Gasteiger partial charge on any atom is -0.341 e. The standard InChI is InChI=1S/C66H52N4/c1-4-67(64-39-44-19-7-10-22-51(44)54-25-13-16-28-57(54)64)47-31-33-48(34-32-47)70-62-37-35-49(68(5-2)65-40-45-20-8-11-23-52(45)55-26-14-17-29-58(55)65)42-60(62)61-43-50(36-38-63(61)70)69(6-3)66-41-46-21-9-12-24-53(46)56-27-15-18-30-59(56)66/h7-43H,4-6H2,1-3H3. The molecule has 13 rings (SSSR count). The van der Waals surface area contributed by atoms with E-state index >= 15 is 0 Å². The van der Waals surface area contributed by atoms with Crippen LogP contribution in [0.1, 0.15) is 20.8 Å². The topological polar surface area (TPSA) is 14.7 Å². The largest absolute Gasteiger partial charge is 0.341 e. The average Bonchev–Trinajstić information content (AvgIpc) is 3.75. The van der Waals surface area contributed by atoms with Crippen LogP contribution in [0.15, 0.2) is 224 Å². The van der Waals surface area contributed by atoms with Crippen molar-refractivity contribution in [3.8, 4) is 5.69 Å². The molecule has 4 heteroatoms. The molecule has 0 spiro atoms. The van der Waals surface area contributed by atoms with Gasteiger partial charge in [0.25, 0.3) is 0 Å². The van der Waals surface area contributed by atoms with E-state index in [4.69, 9.17) is 0 Å². The molecule has 70 heavy (non-hydrogen) atoms. The summed E-state index contributed by atoms with van der Waals surface area (Å²) < 4.78 is 2.47. The van der Waals surface area contributed by atoms with Gasteiger partial charge >= 0.3 is 0 Å². The zero-order valence-electron chi connectivity index (χ0n) is 39.8. The third kappa shape index (κ3) is 6.58. The Hall–Kier alpha value is -8.60. The van der Waals surface area contributed by atoms with Crippen LogP contribution in [0.25, 0.3) is 92.1 Å². The molecule has 1 aromatic heterocycles. The van der Waals surface area contributed by atoms with Gasteiger partial charge in [-0.1, -0.05) is 146 Å². The van der Waals surface area contributed by atoms with Crippen molar-refractivity contribution in [2.75, 3.05) is 34.3 Å². The highest BCUT2D eigenvalue weighted by molar-refractivity contribution is 6.17. The molecule has 4 nitrogen and oxygen atoms in total. The lowest BCUT2D eigenvalue weighted by Gasteiger charge is -2.26. The number of hydrogen-bond acceptors (Lipinski definition) is 3. The van der Waals surface area contributed by atoms with Crippen molar-refractivity contribution >= 4 is 121 Å². The second-order valence-electron chi connectivity index (χ2n) is 18.5. The van der Waals surface area contributed by atoms with Crippen molar-refractivity contribution < 1.29 is 0 Å². The van der Waals surface area contributed by atoms with Crippen molar-refractivity contribution in [2.45, 2.75) is 20.8 Å². The van der Waals surface area contributed by atoms with Crippen LogP contribution in [0, 0.1) is 0 Å². The van der Waals surface area contributed by atoms with E-state index in [1.807, 2.05) is 0 Å². The summed E-state index contributed by atoms with van der Waals surface area (Å²) in [6.07, 6.45) is 0. The SMILES string of the molecule is CCN(c1ccc(-n2c3ccc(N(CC)c4cc5ccccc5c5ccccc45)cc3c3cc(N(CC)c4cc5ccccc5c5ccccc45)ccc32)cc1)c1cc2ccccc2c2ccccc12. The third-order valence-corrected chi connectivity index (χ3v) is 14.8. The van der Waals surface area contributed by atoms with Gasteiger partial charge in [0.2, 0.25) is 0 Å². The molecule has 0 saturated carbocycles. The van der Waals surface area contributed by atoms with Gasteiger partial charge in [-0.2, -0.15) is 0 Å². The van der Waals surface area contributed by atoms with Gasteiger partial charge in [0.15, 0.2) is 0 Å². The summed E-state index contributed by atoms with van der Waals surface area (Å²) in [7, 11) is 0. The number of anilines is 6. The Bertz CT molecular complexity index is 3980. The Kier molecular flexibility index (Phi) is 10.0. The van der Waals surface area contributed by atoms with Crippen molar-refractivity contribution in [3.05, 3.63) is 224 Å². The smallest absolute Gasteiger partial charge is 0.0542 e. The minimum absolute atomic E-state index is 0.818. The molecular weight excluding hydrogens is 849 g/mol. The predicted molar refractivity (Wildman–Crippen MR) is 303 cm³/mol.